The molecule has 0 atom stereocenters. The van der Waals surface area contributed by atoms with Gasteiger partial charge < -0.3 is 10.8 Å². The van der Waals surface area contributed by atoms with Gasteiger partial charge in [0.2, 0.25) is 10.0 Å². The van der Waals surface area contributed by atoms with E-state index in [1.807, 2.05) is 6.92 Å². The van der Waals surface area contributed by atoms with Crippen LogP contribution in [0, 0.1) is 0 Å². The van der Waals surface area contributed by atoms with Gasteiger partial charge in [0.25, 0.3) is 0 Å². The quantitative estimate of drug-likeness (QED) is 0.694. The number of carbonyl (C=O) groups is 1. The molecule has 0 fully saturated rings. The first-order valence-electron chi connectivity index (χ1n) is 6.26. The molecule has 0 heterocycles. The van der Waals surface area contributed by atoms with Gasteiger partial charge in [0.1, 0.15) is 4.90 Å². The summed E-state index contributed by atoms with van der Waals surface area (Å²) in [6.07, 6.45) is 1.52. The Labute approximate surface area is 119 Å². The lowest BCUT2D eigenvalue weighted by atomic mass is 10.0. The SMILES string of the molecule is CCCC(C)(C)NS(=O)(=O)c1ccc(C(=O)O)cc1N. The molecule has 112 valence electrons. The molecule has 0 aliphatic heterocycles. The number of nitrogens with two attached hydrogens (primary N) is 1. The molecule has 20 heavy (non-hydrogen) atoms. The number of aromatic carboxylic acids is 1. The van der Waals surface area contributed by atoms with Gasteiger partial charge in [0, 0.05) is 5.54 Å². The van der Waals surface area contributed by atoms with Crippen LogP contribution in [0.15, 0.2) is 23.1 Å². The highest BCUT2D eigenvalue weighted by molar-refractivity contribution is 7.89. The first-order chi connectivity index (χ1) is 9.09. The summed E-state index contributed by atoms with van der Waals surface area (Å²) in [6, 6.07) is 3.58. The van der Waals surface area contributed by atoms with Crippen molar-refractivity contribution in [3.05, 3.63) is 23.8 Å². The molecule has 0 saturated heterocycles. The second-order valence-electron chi connectivity index (χ2n) is 5.30. The lowest BCUT2D eigenvalue weighted by Crippen LogP contribution is -2.43. The Morgan fingerprint density at radius 3 is 2.45 bits per heavy atom. The van der Waals surface area contributed by atoms with Crippen molar-refractivity contribution in [1.29, 1.82) is 0 Å². The number of nitrogens with one attached hydrogen (secondary N) is 1. The van der Waals surface area contributed by atoms with Crippen LogP contribution < -0.4 is 10.5 Å². The van der Waals surface area contributed by atoms with Gasteiger partial charge in [-0.25, -0.2) is 17.9 Å². The van der Waals surface area contributed by atoms with E-state index in [4.69, 9.17) is 10.8 Å². The van der Waals surface area contributed by atoms with Crippen LogP contribution >= 0.6 is 0 Å². The maximum Gasteiger partial charge on any atom is 0.335 e. The normalized spacial score (nSPS) is 12.3. The molecule has 0 bridgehead atoms. The predicted octanol–water partition coefficient (Wildman–Crippen LogP) is 1.82. The maximum absolute atomic E-state index is 12.3. The Kier molecular flexibility index (Phi) is 4.77. The van der Waals surface area contributed by atoms with Crippen molar-refractivity contribution in [1.82, 2.24) is 4.72 Å². The van der Waals surface area contributed by atoms with Crippen LogP contribution in [0.3, 0.4) is 0 Å². The number of rotatable bonds is 6. The van der Waals surface area contributed by atoms with E-state index < -0.39 is 21.5 Å². The van der Waals surface area contributed by atoms with E-state index in [1.165, 1.54) is 12.1 Å². The van der Waals surface area contributed by atoms with Gasteiger partial charge in [0.15, 0.2) is 0 Å². The third kappa shape index (κ3) is 3.94. The number of hydrogen-bond donors (Lipinski definition) is 3. The van der Waals surface area contributed by atoms with E-state index in [1.54, 1.807) is 13.8 Å². The molecule has 1 aromatic carbocycles. The lowest BCUT2D eigenvalue weighted by molar-refractivity contribution is 0.0697. The highest BCUT2D eigenvalue weighted by Crippen LogP contribution is 2.22. The molecule has 0 aliphatic rings. The number of carboxylic acid groups (broad SMARTS) is 1. The zero-order chi connectivity index (χ0) is 15.6. The standard InChI is InChI=1S/C13H20N2O4S/c1-4-7-13(2,3)15-20(18,19)11-6-5-9(12(16)17)8-10(11)14/h5-6,8,15H,4,7,14H2,1-3H3,(H,16,17). The third-order valence-electron chi connectivity index (χ3n) is 2.83. The van der Waals surface area contributed by atoms with Crippen LogP contribution in [-0.2, 0) is 10.0 Å². The van der Waals surface area contributed by atoms with E-state index in [-0.39, 0.29) is 16.1 Å². The fourth-order valence-electron chi connectivity index (χ4n) is 2.02. The Hall–Kier alpha value is -1.60. The van der Waals surface area contributed by atoms with Gasteiger partial charge in [-0.1, -0.05) is 13.3 Å². The Bertz CT molecular complexity index is 609. The van der Waals surface area contributed by atoms with Crippen LogP contribution in [-0.4, -0.2) is 25.0 Å². The predicted molar refractivity (Wildman–Crippen MR) is 77.1 cm³/mol. The molecule has 0 amide bonds. The average molecular weight is 300 g/mol. The molecule has 7 heteroatoms. The zero-order valence-corrected chi connectivity index (χ0v) is 12.6. The number of anilines is 1. The average Bonchev–Trinajstić information content (AvgIpc) is 2.26. The first kappa shape index (κ1) is 16.5. The second-order valence-corrected chi connectivity index (χ2v) is 6.95. The summed E-state index contributed by atoms with van der Waals surface area (Å²) in [5.74, 6) is -1.15. The van der Waals surface area contributed by atoms with Gasteiger partial charge in [-0.15, -0.1) is 0 Å². The topological polar surface area (TPSA) is 109 Å². The number of nitrogen functional groups attached to an aromatic ring is 1. The molecule has 0 radical (unpaired) electrons. The maximum atomic E-state index is 12.3. The van der Waals surface area contributed by atoms with E-state index in [9.17, 15) is 13.2 Å². The van der Waals surface area contributed by atoms with Crippen LogP contribution in [0.25, 0.3) is 0 Å². The van der Waals surface area contributed by atoms with Gasteiger partial charge in [-0.3, -0.25) is 0 Å². The number of benzene rings is 1. The van der Waals surface area contributed by atoms with Crippen molar-refractivity contribution in [2.24, 2.45) is 0 Å². The summed E-state index contributed by atoms with van der Waals surface area (Å²) < 4.78 is 27.2. The van der Waals surface area contributed by atoms with Crippen LogP contribution in [0.4, 0.5) is 5.69 Å². The van der Waals surface area contributed by atoms with Gasteiger partial charge >= 0.3 is 5.97 Å². The number of carboxylic acids is 1. The first-order valence-corrected chi connectivity index (χ1v) is 7.74. The molecule has 0 aromatic heterocycles. The van der Waals surface area contributed by atoms with E-state index in [2.05, 4.69) is 4.72 Å². The molecular weight excluding hydrogens is 280 g/mol. The molecule has 4 N–H and O–H groups in total. The van der Waals surface area contributed by atoms with Crippen molar-refractivity contribution in [2.45, 2.75) is 44.0 Å². The molecular formula is C13H20N2O4S. The second kappa shape index (κ2) is 5.80. The van der Waals surface area contributed by atoms with Gasteiger partial charge in [0.05, 0.1) is 11.3 Å². The summed E-state index contributed by atoms with van der Waals surface area (Å²) in [5.41, 5.74) is 4.94. The van der Waals surface area contributed by atoms with Crippen molar-refractivity contribution < 1.29 is 18.3 Å². The summed E-state index contributed by atoms with van der Waals surface area (Å²) in [5, 5.41) is 8.84. The highest BCUT2D eigenvalue weighted by atomic mass is 32.2. The minimum Gasteiger partial charge on any atom is -0.478 e. The van der Waals surface area contributed by atoms with Crippen molar-refractivity contribution in [2.75, 3.05) is 5.73 Å². The van der Waals surface area contributed by atoms with E-state index in [0.717, 1.165) is 12.5 Å². The summed E-state index contributed by atoms with van der Waals surface area (Å²) in [7, 11) is -3.78. The number of hydrogen-bond acceptors (Lipinski definition) is 4. The van der Waals surface area contributed by atoms with Crippen LogP contribution in [0.1, 0.15) is 44.0 Å². The van der Waals surface area contributed by atoms with Crippen LogP contribution in [0.5, 0.6) is 0 Å². The molecule has 0 saturated carbocycles. The van der Waals surface area contributed by atoms with Crippen molar-refractivity contribution in [3.8, 4) is 0 Å². The Balaban J connectivity index is 3.14. The molecule has 0 aliphatic carbocycles. The van der Waals surface area contributed by atoms with Crippen molar-refractivity contribution >= 4 is 21.7 Å². The minimum atomic E-state index is -3.78. The summed E-state index contributed by atoms with van der Waals surface area (Å²) in [6.45, 7) is 5.54. The van der Waals surface area contributed by atoms with E-state index >= 15 is 0 Å². The minimum absolute atomic E-state index is 0.0470. The molecule has 1 aromatic rings. The fourth-order valence-corrected chi connectivity index (χ4v) is 3.58. The summed E-state index contributed by atoms with van der Waals surface area (Å²) >= 11 is 0. The smallest absolute Gasteiger partial charge is 0.335 e. The Morgan fingerprint density at radius 1 is 1.40 bits per heavy atom. The monoisotopic (exact) mass is 300 g/mol. The summed E-state index contributed by atoms with van der Waals surface area (Å²) in [4.78, 5) is 10.7. The van der Waals surface area contributed by atoms with Crippen LogP contribution in [0.2, 0.25) is 0 Å². The number of sulfonamides is 1. The molecule has 0 spiro atoms. The zero-order valence-electron chi connectivity index (χ0n) is 11.8. The molecule has 6 nitrogen and oxygen atoms in total. The van der Waals surface area contributed by atoms with Gasteiger partial charge in [-0.2, -0.15) is 0 Å². The molecule has 1 rings (SSSR count). The van der Waals surface area contributed by atoms with Gasteiger partial charge in [-0.05, 0) is 38.5 Å². The molecule has 0 unspecified atom stereocenters. The van der Waals surface area contributed by atoms with Crippen molar-refractivity contribution in [3.63, 3.8) is 0 Å². The lowest BCUT2D eigenvalue weighted by Gasteiger charge is -2.25. The largest absolute Gasteiger partial charge is 0.478 e. The Morgan fingerprint density at radius 2 is 2.00 bits per heavy atom. The third-order valence-corrected chi connectivity index (χ3v) is 4.60. The van der Waals surface area contributed by atoms with E-state index in [0.29, 0.717) is 6.42 Å². The highest BCUT2D eigenvalue weighted by Gasteiger charge is 2.27. The fraction of sp³-hybridized carbons (Fsp3) is 0.462.